The van der Waals surface area contributed by atoms with E-state index in [9.17, 15) is 9.59 Å². The summed E-state index contributed by atoms with van der Waals surface area (Å²) in [7, 11) is 0. The lowest BCUT2D eigenvalue weighted by Gasteiger charge is -2.21. The van der Waals surface area contributed by atoms with E-state index in [2.05, 4.69) is 0 Å². The van der Waals surface area contributed by atoms with Crippen molar-refractivity contribution in [1.82, 2.24) is 0 Å². The number of aliphatic carboxylic acids is 1. The van der Waals surface area contributed by atoms with Crippen molar-refractivity contribution >= 4 is 17.7 Å². The number of carbonyl (C=O) groups excluding carboxylic acids is 1. The van der Waals surface area contributed by atoms with Gasteiger partial charge in [-0.05, 0) is 27.2 Å². The molecule has 0 radical (unpaired) electrons. The minimum Gasteiger partial charge on any atom is -0.481 e. The average molecular weight is 215 g/mol. The molecule has 0 saturated heterocycles. The second-order valence-corrected chi connectivity index (χ2v) is 4.21. The number of carboxylic acids is 1. The normalized spacial score (nSPS) is 13.1. The molecule has 0 rings (SSSR count). The Morgan fingerprint density at radius 2 is 1.87 bits per heavy atom. The standard InChI is InChI=1S/C10H17NO4/c1-5-6(8(12)13)7(11)9(14)15-10(2,3)4/h6,11H,5H2,1-4H3,(H,12,13)/t6-/m1/s1. The molecule has 0 spiro atoms. The van der Waals surface area contributed by atoms with Crippen LogP contribution in [0.5, 0.6) is 0 Å². The van der Waals surface area contributed by atoms with Crippen molar-refractivity contribution in [3.8, 4) is 0 Å². The lowest BCUT2D eigenvalue weighted by Crippen LogP contribution is -2.35. The first-order valence-electron chi connectivity index (χ1n) is 4.73. The van der Waals surface area contributed by atoms with Crippen molar-refractivity contribution < 1.29 is 19.4 Å². The first-order chi connectivity index (χ1) is 6.69. The summed E-state index contributed by atoms with van der Waals surface area (Å²) in [6.07, 6.45) is 0.202. The van der Waals surface area contributed by atoms with Crippen LogP contribution in [0.15, 0.2) is 0 Å². The van der Waals surface area contributed by atoms with Crippen LogP contribution in [0.2, 0.25) is 0 Å². The van der Waals surface area contributed by atoms with Crippen LogP contribution in [0.3, 0.4) is 0 Å². The molecule has 5 nitrogen and oxygen atoms in total. The first kappa shape index (κ1) is 13.6. The van der Waals surface area contributed by atoms with Crippen LogP contribution in [-0.2, 0) is 14.3 Å². The molecular weight excluding hydrogens is 198 g/mol. The Hall–Kier alpha value is -1.39. The molecule has 1 atom stereocenters. The predicted molar refractivity (Wildman–Crippen MR) is 55.0 cm³/mol. The zero-order valence-corrected chi connectivity index (χ0v) is 9.46. The van der Waals surface area contributed by atoms with Gasteiger partial charge in [-0.15, -0.1) is 0 Å². The second kappa shape index (κ2) is 4.91. The number of hydrogen-bond donors (Lipinski definition) is 2. The highest BCUT2D eigenvalue weighted by Gasteiger charge is 2.29. The van der Waals surface area contributed by atoms with E-state index in [1.165, 1.54) is 0 Å². The predicted octanol–water partition coefficient (Wildman–Crippen LogP) is 1.46. The molecule has 0 saturated carbocycles. The number of hydrogen-bond acceptors (Lipinski definition) is 4. The highest BCUT2D eigenvalue weighted by atomic mass is 16.6. The van der Waals surface area contributed by atoms with E-state index in [1.807, 2.05) is 0 Å². The second-order valence-electron chi connectivity index (χ2n) is 4.21. The molecule has 15 heavy (non-hydrogen) atoms. The molecule has 0 aliphatic heterocycles. The molecule has 0 aliphatic rings. The lowest BCUT2D eigenvalue weighted by atomic mass is 10.0. The number of carbonyl (C=O) groups is 2. The molecular formula is C10H17NO4. The van der Waals surface area contributed by atoms with E-state index in [1.54, 1.807) is 27.7 Å². The van der Waals surface area contributed by atoms with Gasteiger partial charge in [0.15, 0.2) is 0 Å². The molecule has 0 heterocycles. The Balaban J connectivity index is 4.57. The van der Waals surface area contributed by atoms with Gasteiger partial charge in [0.05, 0.1) is 0 Å². The van der Waals surface area contributed by atoms with Crippen molar-refractivity contribution in [3.05, 3.63) is 0 Å². The molecule has 2 N–H and O–H groups in total. The third-order valence-corrected chi connectivity index (χ3v) is 1.67. The minimum atomic E-state index is -1.17. The van der Waals surface area contributed by atoms with Crippen molar-refractivity contribution in [1.29, 1.82) is 5.41 Å². The van der Waals surface area contributed by atoms with Gasteiger partial charge in [0.2, 0.25) is 0 Å². The number of rotatable bonds is 4. The maximum Gasteiger partial charge on any atom is 0.353 e. The lowest BCUT2D eigenvalue weighted by molar-refractivity contribution is -0.148. The van der Waals surface area contributed by atoms with Crippen LogP contribution in [-0.4, -0.2) is 28.4 Å². The summed E-state index contributed by atoms with van der Waals surface area (Å²) in [5.41, 5.74) is -1.21. The van der Waals surface area contributed by atoms with E-state index >= 15 is 0 Å². The first-order valence-corrected chi connectivity index (χ1v) is 4.73. The average Bonchev–Trinajstić information content (AvgIpc) is 2.01. The Morgan fingerprint density at radius 3 is 2.13 bits per heavy atom. The summed E-state index contributed by atoms with van der Waals surface area (Å²) in [5, 5.41) is 16.1. The third kappa shape index (κ3) is 4.58. The SMILES string of the molecule is CC[C@H](C(=N)C(=O)OC(C)(C)C)C(=O)O. The molecule has 0 aliphatic carbocycles. The summed E-state index contributed by atoms with van der Waals surface area (Å²) < 4.78 is 4.91. The Labute approximate surface area is 88.9 Å². The van der Waals surface area contributed by atoms with Crippen LogP contribution in [0, 0.1) is 11.3 Å². The fraction of sp³-hybridized carbons (Fsp3) is 0.700. The summed E-state index contributed by atoms with van der Waals surface area (Å²) in [6, 6.07) is 0. The fourth-order valence-corrected chi connectivity index (χ4v) is 0.978. The molecule has 0 amide bonds. The van der Waals surface area contributed by atoms with Crippen molar-refractivity contribution in [2.45, 2.75) is 39.7 Å². The molecule has 0 aromatic rings. The van der Waals surface area contributed by atoms with Gasteiger partial charge in [-0.2, -0.15) is 0 Å². The zero-order valence-electron chi connectivity index (χ0n) is 9.46. The highest BCUT2D eigenvalue weighted by Crippen LogP contribution is 2.12. The Bertz CT molecular complexity index is 278. The highest BCUT2D eigenvalue weighted by molar-refractivity contribution is 6.39. The van der Waals surface area contributed by atoms with E-state index < -0.39 is 29.2 Å². The van der Waals surface area contributed by atoms with Crippen molar-refractivity contribution in [2.24, 2.45) is 5.92 Å². The van der Waals surface area contributed by atoms with Crippen LogP contribution < -0.4 is 0 Å². The van der Waals surface area contributed by atoms with E-state index in [4.69, 9.17) is 15.3 Å². The topological polar surface area (TPSA) is 87.5 Å². The minimum absolute atomic E-state index is 0.202. The quantitative estimate of drug-likeness (QED) is 0.549. The van der Waals surface area contributed by atoms with Gasteiger partial charge in [0.1, 0.15) is 17.2 Å². The number of esters is 1. The van der Waals surface area contributed by atoms with Crippen molar-refractivity contribution in [3.63, 3.8) is 0 Å². The number of ether oxygens (including phenoxy) is 1. The zero-order chi connectivity index (χ0) is 12.2. The van der Waals surface area contributed by atoms with Gasteiger partial charge in [-0.3, -0.25) is 10.2 Å². The van der Waals surface area contributed by atoms with Crippen LogP contribution in [0.25, 0.3) is 0 Å². The van der Waals surface area contributed by atoms with E-state index in [0.29, 0.717) is 0 Å². The third-order valence-electron chi connectivity index (χ3n) is 1.67. The van der Waals surface area contributed by atoms with Gasteiger partial charge < -0.3 is 9.84 Å². The van der Waals surface area contributed by atoms with E-state index in [-0.39, 0.29) is 6.42 Å². The molecule has 0 aromatic carbocycles. The monoisotopic (exact) mass is 215 g/mol. The maximum atomic E-state index is 11.4. The Morgan fingerprint density at radius 1 is 1.40 bits per heavy atom. The van der Waals surface area contributed by atoms with E-state index in [0.717, 1.165) is 0 Å². The van der Waals surface area contributed by atoms with Crippen LogP contribution in [0.4, 0.5) is 0 Å². The summed E-state index contributed by atoms with van der Waals surface area (Å²) in [5.74, 6) is -3.12. The van der Waals surface area contributed by atoms with Crippen molar-refractivity contribution in [2.75, 3.05) is 0 Å². The maximum absolute atomic E-state index is 11.4. The van der Waals surface area contributed by atoms with Crippen LogP contribution in [0.1, 0.15) is 34.1 Å². The molecule has 0 bridgehead atoms. The fourth-order valence-electron chi connectivity index (χ4n) is 0.978. The molecule has 5 heteroatoms. The smallest absolute Gasteiger partial charge is 0.353 e. The Kier molecular flexibility index (Phi) is 4.45. The van der Waals surface area contributed by atoms with Gasteiger partial charge in [-0.1, -0.05) is 6.92 Å². The summed E-state index contributed by atoms with van der Waals surface area (Å²) >= 11 is 0. The summed E-state index contributed by atoms with van der Waals surface area (Å²) in [6.45, 7) is 6.61. The van der Waals surface area contributed by atoms with Gasteiger partial charge in [-0.25, -0.2) is 4.79 Å². The molecule has 0 fully saturated rings. The van der Waals surface area contributed by atoms with Crippen LogP contribution >= 0.6 is 0 Å². The molecule has 0 aromatic heterocycles. The largest absolute Gasteiger partial charge is 0.481 e. The molecule has 0 unspecified atom stereocenters. The number of nitrogens with one attached hydrogen (secondary N) is 1. The van der Waals surface area contributed by atoms with Gasteiger partial charge in [0, 0.05) is 0 Å². The van der Waals surface area contributed by atoms with Gasteiger partial charge in [0.25, 0.3) is 0 Å². The van der Waals surface area contributed by atoms with Gasteiger partial charge >= 0.3 is 11.9 Å². The number of carboxylic acid groups (broad SMARTS) is 1. The summed E-state index contributed by atoms with van der Waals surface area (Å²) in [4.78, 5) is 22.0. The molecule has 86 valence electrons.